The van der Waals surface area contributed by atoms with Crippen LogP contribution in [0, 0.1) is 5.92 Å². The van der Waals surface area contributed by atoms with Gasteiger partial charge < -0.3 is 9.64 Å². The minimum atomic E-state index is -0.438. The van der Waals surface area contributed by atoms with Gasteiger partial charge in [0.25, 0.3) is 5.91 Å². The van der Waals surface area contributed by atoms with Crippen LogP contribution >= 0.6 is 15.9 Å². The third kappa shape index (κ3) is 3.72. The van der Waals surface area contributed by atoms with Crippen LogP contribution < -0.4 is 4.74 Å². The molecule has 0 N–H and O–H groups in total. The number of benzene rings is 1. The third-order valence-electron chi connectivity index (χ3n) is 3.58. The summed E-state index contributed by atoms with van der Waals surface area (Å²) in [6.45, 7) is 5.76. The molecule has 0 spiro atoms. The zero-order chi connectivity index (χ0) is 13.8. The molecule has 0 aromatic heterocycles. The molecule has 2 rings (SSSR count). The summed E-state index contributed by atoms with van der Waals surface area (Å²) in [5, 5.41) is 0. The van der Waals surface area contributed by atoms with E-state index in [1.807, 2.05) is 36.1 Å². The summed E-state index contributed by atoms with van der Waals surface area (Å²) in [6, 6.07) is 7.61. The van der Waals surface area contributed by atoms with Crippen LogP contribution in [0.25, 0.3) is 0 Å². The van der Waals surface area contributed by atoms with E-state index < -0.39 is 6.10 Å². The van der Waals surface area contributed by atoms with Crippen molar-refractivity contribution in [2.45, 2.75) is 32.8 Å². The van der Waals surface area contributed by atoms with Gasteiger partial charge in [0.15, 0.2) is 6.10 Å². The first-order valence-corrected chi connectivity index (χ1v) is 7.57. The quantitative estimate of drug-likeness (QED) is 0.851. The summed E-state index contributed by atoms with van der Waals surface area (Å²) < 4.78 is 6.63. The van der Waals surface area contributed by atoms with Gasteiger partial charge in [-0.2, -0.15) is 0 Å². The van der Waals surface area contributed by atoms with Gasteiger partial charge in [0.2, 0.25) is 0 Å². The Labute approximate surface area is 123 Å². The number of ether oxygens (including phenoxy) is 1. The van der Waals surface area contributed by atoms with Crippen molar-refractivity contribution in [3.8, 4) is 5.75 Å². The molecule has 0 saturated carbocycles. The van der Waals surface area contributed by atoms with E-state index in [1.165, 1.54) is 0 Å². The van der Waals surface area contributed by atoms with Gasteiger partial charge in [-0.15, -0.1) is 0 Å². The van der Waals surface area contributed by atoms with Gasteiger partial charge in [-0.3, -0.25) is 4.79 Å². The number of carbonyl (C=O) groups excluding carboxylic acids is 1. The number of halogens is 1. The highest BCUT2D eigenvalue weighted by Gasteiger charge is 2.25. The molecule has 1 atom stereocenters. The maximum atomic E-state index is 12.3. The van der Waals surface area contributed by atoms with Crippen LogP contribution in [-0.4, -0.2) is 30.0 Å². The fourth-order valence-corrected chi connectivity index (χ4v) is 2.65. The molecule has 1 aliphatic rings. The number of amides is 1. The van der Waals surface area contributed by atoms with Gasteiger partial charge in [-0.05, 0) is 53.7 Å². The second-order valence-corrected chi connectivity index (χ2v) is 6.05. The SMILES string of the molecule is CC1CCN(C(=O)C(C)Oc2ccccc2Br)CC1. The molecule has 0 radical (unpaired) electrons. The van der Waals surface area contributed by atoms with Crippen LogP contribution in [0.3, 0.4) is 0 Å². The molecular formula is C15H20BrNO2. The maximum absolute atomic E-state index is 12.3. The van der Waals surface area contributed by atoms with Crippen LogP contribution in [0.15, 0.2) is 28.7 Å². The number of piperidine rings is 1. The average molecular weight is 326 g/mol. The first kappa shape index (κ1) is 14.4. The van der Waals surface area contributed by atoms with Crippen molar-refractivity contribution < 1.29 is 9.53 Å². The lowest BCUT2D eigenvalue weighted by molar-refractivity contribution is -0.139. The van der Waals surface area contributed by atoms with E-state index in [4.69, 9.17) is 4.74 Å². The zero-order valence-corrected chi connectivity index (χ0v) is 13.0. The molecule has 1 aromatic rings. The van der Waals surface area contributed by atoms with Crippen LogP contribution in [-0.2, 0) is 4.79 Å². The number of para-hydroxylation sites is 1. The molecule has 4 heteroatoms. The first-order chi connectivity index (χ1) is 9.08. The van der Waals surface area contributed by atoms with Crippen molar-refractivity contribution in [2.75, 3.05) is 13.1 Å². The standard InChI is InChI=1S/C15H20BrNO2/c1-11-7-9-17(10-8-11)15(18)12(2)19-14-6-4-3-5-13(14)16/h3-6,11-12H,7-10H2,1-2H3. The molecule has 1 aliphatic heterocycles. The van der Waals surface area contributed by atoms with Crippen LogP contribution in [0.4, 0.5) is 0 Å². The third-order valence-corrected chi connectivity index (χ3v) is 4.24. The summed E-state index contributed by atoms with van der Waals surface area (Å²) in [5.74, 6) is 1.53. The van der Waals surface area contributed by atoms with E-state index in [9.17, 15) is 4.79 Å². The van der Waals surface area contributed by atoms with Gasteiger partial charge in [0.1, 0.15) is 5.75 Å². The van der Waals surface area contributed by atoms with Gasteiger partial charge in [0.05, 0.1) is 4.47 Å². The Balaban J connectivity index is 1.94. The minimum absolute atomic E-state index is 0.0858. The first-order valence-electron chi connectivity index (χ1n) is 6.78. The molecule has 3 nitrogen and oxygen atoms in total. The van der Waals surface area contributed by atoms with E-state index in [0.717, 1.165) is 36.3 Å². The molecule has 0 aliphatic carbocycles. The van der Waals surface area contributed by atoms with Crippen LogP contribution in [0.5, 0.6) is 5.75 Å². The zero-order valence-electron chi connectivity index (χ0n) is 11.4. The summed E-state index contributed by atoms with van der Waals surface area (Å²) in [7, 11) is 0. The molecule has 0 bridgehead atoms. The van der Waals surface area contributed by atoms with Crippen molar-refractivity contribution in [3.05, 3.63) is 28.7 Å². The second kappa shape index (κ2) is 6.42. The monoisotopic (exact) mass is 325 g/mol. The van der Waals surface area contributed by atoms with Gasteiger partial charge in [-0.25, -0.2) is 0 Å². The number of likely N-dealkylation sites (tertiary alicyclic amines) is 1. The Hall–Kier alpha value is -1.03. The van der Waals surface area contributed by atoms with E-state index >= 15 is 0 Å². The largest absolute Gasteiger partial charge is 0.480 e. The molecule has 1 unspecified atom stereocenters. The highest BCUT2D eigenvalue weighted by molar-refractivity contribution is 9.10. The van der Waals surface area contributed by atoms with E-state index in [1.54, 1.807) is 0 Å². The molecule has 104 valence electrons. The topological polar surface area (TPSA) is 29.5 Å². The lowest BCUT2D eigenvalue weighted by Crippen LogP contribution is -2.44. The van der Waals surface area contributed by atoms with E-state index in [2.05, 4.69) is 22.9 Å². The summed E-state index contributed by atoms with van der Waals surface area (Å²) >= 11 is 3.43. The molecule has 19 heavy (non-hydrogen) atoms. The Kier molecular flexibility index (Phi) is 4.86. The molecule has 1 saturated heterocycles. The van der Waals surface area contributed by atoms with E-state index in [-0.39, 0.29) is 5.91 Å². The summed E-state index contributed by atoms with van der Waals surface area (Å²) in [5.41, 5.74) is 0. The Morgan fingerprint density at radius 3 is 2.63 bits per heavy atom. The van der Waals surface area contributed by atoms with Crippen molar-refractivity contribution in [3.63, 3.8) is 0 Å². The van der Waals surface area contributed by atoms with Crippen molar-refractivity contribution in [1.29, 1.82) is 0 Å². The molecule has 1 amide bonds. The highest BCUT2D eigenvalue weighted by Crippen LogP contribution is 2.25. The van der Waals surface area contributed by atoms with Crippen molar-refractivity contribution in [2.24, 2.45) is 5.92 Å². The average Bonchev–Trinajstić information content (AvgIpc) is 2.41. The van der Waals surface area contributed by atoms with Crippen LogP contribution in [0.2, 0.25) is 0 Å². The Bertz CT molecular complexity index is 442. The fourth-order valence-electron chi connectivity index (χ4n) is 2.27. The highest BCUT2D eigenvalue weighted by atomic mass is 79.9. The lowest BCUT2D eigenvalue weighted by Gasteiger charge is -2.32. The minimum Gasteiger partial charge on any atom is -0.480 e. The fraction of sp³-hybridized carbons (Fsp3) is 0.533. The smallest absolute Gasteiger partial charge is 0.263 e. The summed E-state index contributed by atoms with van der Waals surface area (Å²) in [4.78, 5) is 14.2. The number of rotatable bonds is 3. The predicted octanol–water partition coefficient (Wildman–Crippen LogP) is 3.47. The normalized spacial score (nSPS) is 18.2. The Morgan fingerprint density at radius 1 is 1.37 bits per heavy atom. The molecular weight excluding hydrogens is 306 g/mol. The Morgan fingerprint density at radius 2 is 2.00 bits per heavy atom. The number of hydrogen-bond acceptors (Lipinski definition) is 2. The van der Waals surface area contributed by atoms with E-state index in [0.29, 0.717) is 5.75 Å². The van der Waals surface area contributed by atoms with Crippen molar-refractivity contribution >= 4 is 21.8 Å². The van der Waals surface area contributed by atoms with Gasteiger partial charge in [-0.1, -0.05) is 19.1 Å². The lowest BCUT2D eigenvalue weighted by atomic mass is 9.99. The number of hydrogen-bond donors (Lipinski definition) is 0. The van der Waals surface area contributed by atoms with Crippen molar-refractivity contribution in [1.82, 2.24) is 4.90 Å². The molecule has 1 aromatic carbocycles. The van der Waals surface area contributed by atoms with Gasteiger partial charge in [0, 0.05) is 13.1 Å². The number of carbonyl (C=O) groups is 1. The maximum Gasteiger partial charge on any atom is 0.263 e. The summed E-state index contributed by atoms with van der Waals surface area (Å²) in [6.07, 6.45) is 1.74. The number of nitrogens with zero attached hydrogens (tertiary/aromatic N) is 1. The molecule has 1 fully saturated rings. The second-order valence-electron chi connectivity index (χ2n) is 5.20. The molecule has 1 heterocycles. The predicted molar refractivity (Wildman–Crippen MR) is 79.2 cm³/mol. The van der Waals surface area contributed by atoms with Crippen LogP contribution in [0.1, 0.15) is 26.7 Å². The van der Waals surface area contributed by atoms with Gasteiger partial charge >= 0.3 is 0 Å².